The number of carbonyl (C=O) groups is 2. The zero-order valence-corrected chi connectivity index (χ0v) is 18.7. The van der Waals surface area contributed by atoms with Gasteiger partial charge in [-0.1, -0.05) is 18.2 Å². The molecule has 0 saturated heterocycles. The van der Waals surface area contributed by atoms with Crippen LogP contribution in [0.1, 0.15) is 27.0 Å². The third kappa shape index (κ3) is 6.60. The van der Waals surface area contributed by atoms with Crippen LogP contribution in [0.15, 0.2) is 66.7 Å². The Morgan fingerprint density at radius 3 is 2.19 bits per heavy atom. The van der Waals surface area contributed by atoms with Gasteiger partial charge in [0.1, 0.15) is 5.75 Å². The number of rotatable bonds is 9. The van der Waals surface area contributed by atoms with Crippen LogP contribution in [-0.2, 0) is 11.2 Å². The van der Waals surface area contributed by atoms with Crippen molar-refractivity contribution in [3.05, 3.63) is 89.0 Å². The van der Waals surface area contributed by atoms with Crippen molar-refractivity contribution in [2.75, 3.05) is 30.8 Å². The maximum atomic E-state index is 12.4. The molecule has 0 saturated carbocycles. The molecule has 0 aliphatic heterocycles. The molecular weight excluding hydrogens is 402 g/mol. The summed E-state index contributed by atoms with van der Waals surface area (Å²) < 4.78 is 5.15. The highest BCUT2D eigenvalue weighted by Gasteiger charge is 2.07. The maximum absolute atomic E-state index is 12.4. The third-order valence-electron chi connectivity index (χ3n) is 5.25. The second-order valence-electron chi connectivity index (χ2n) is 7.63. The molecule has 3 aromatic rings. The quantitative estimate of drug-likeness (QED) is 0.471. The fourth-order valence-corrected chi connectivity index (χ4v) is 3.16. The average Bonchev–Trinajstić information content (AvgIpc) is 2.80. The molecule has 0 radical (unpaired) electrons. The molecule has 166 valence electrons. The number of benzene rings is 3. The minimum atomic E-state index is -0.153. The molecular formula is C26H29N3O3. The minimum Gasteiger partial charge on any atom is -0.497 e. The molecule has 32 heavy (non-hydrogen) atoms. The number of nitrogens with one attached hydrogen (secondary N) is 3. The van der Waals surface area contributed by atoms with Crippen molar-refractivity contribution >= 4 is 23.2 Å². The Hall–Kier alpha value is -3.80. The zero-order valence-electron chi connectivity index (χ0n) is 18.7. The lowest BCUT2D eigenvalue weighted by molar-refractivity contribution is -0.114. The highest BCUT2D eigenvalue weighted by molar-refractivity contribution is 5.96. The fraction of sp³-hybridized carbons (Fsp3) is 0.231. The van der Waals surface area contributed by atoms with E-state index in [0.29, 0.717) is 17.8 Å². The van der Waals surface area contributed by atoms with Crippen molar-refractivity contribution in [2.45, 2.75) is 20.3 Å². The Bertz CT molecular complexity index is 1060. The van der Waals surface area contributed by atoms with Crippen LogP contribution in [0, 0.1) is 13.8 Å². The van der Waals surface area contributed by atoms with Crippen molar-refractivity contribution in [1.29, 1.82) is 0 Å². The van der Waals surface area contributed by atoms with E-state index in [1.54, 1.807) is 31.4 Å². The molecule has 3 N–H and O–H groups in total. The number of methoxy groups -OCH3 is 1. The standard InChI is InChI=1S/C26H29N3O3/c1-18-4-9-23(16-19(18)2)28-17-25(30)29-22-10-7-21(8-11-22)26(31)27-15-14-20-5-12-24(32-3)13-6-20/h4-13,16,28H,14-15,17H2,1-3H3,(H,27,31)(H,29,30). The predicted molar refractivity (Wildman–Crippen MR) is 129 cm³/mol. The van der Waals surface area contributed by atoms with Gasteiger partial charge >= 0.3 is 0 Å². The number of aryl methyl sites for hydroxylation is 2. The van der Waals surface area contributed by atoms with Crippen molar-refractivity contribution in [1.82, 2.24) is 5.32 Å². The van der Waals surface area contributed by atoms with E-state index in [1.165, 1.54) is 11.1 Å². The highest BCUT2D eigenvalue weighted by atomic mass is 16.5. The number of amides is 2. The van der Waals surface area contributed by atoms with Crippen LogP contribution >= 0.6 is 0 Å². The number of carbonyl (C=O) groups excluding carboxylic acids is 2. The molecule has 6 nitrogen and oxygen atoms in total. The van der Waals surface area contributed by atoms with E-state index in [1.807, 2.05) is 49.4 Å². The van der Waals surface area contributed by atoms with Gasteiger partial charge in [-0.3, -0.25) is 9.59 Å². The fourth-order valence-electron chi connectivity index (χ4n) is 3.16. The van der Waals surface area contributed by atoms with E-state index < -0.39 is 0 Å². The second-order valence-corrected chi connectivity index (χ2v) is 7.63. The molecule has 0 bridgehead atoms. The zero-order chi connectivity index (χ0) is 22.9. The van der Waals surface area contributed by atoms with Gasteiger partial charge in [-0.15, -0.1) is 0 Å². The maximum Gasteiger partial charge on any atom is 0.251 e. The van der Waals surface area contributed by atoms with E-state index in [2.05, 4.69) is 22.9 Å². The Morgan fingerprint density at radius 1 is 0.844 bits per heavy atom. The average molecular weight is 432 g/mol. The molecule has 0 fully saturated rings. The van der Waals surface area contributed by atoms with Gasteiger partial charge in [0.25, 0.3) is 5.91 Å². The van der Waals surface area contributed by atoms with Crippen LogP contribution in [0.5, 0.6) is 5.75 Å². The third-order valence-corrected chi connectivity index (χ3v) is 5.25. The number of hydrogen-bond donors (Lipinski definition) is 3. The van der Waals surface area contributed by atoms with E-state index in [-0.39, 0.29) is 18.4 Å². The van der Waals surface area contributed by atoms with E-state index in [4.69, 9.17) is 4.74 Å². The molecule has 0 aliphatic carbocycles. The van der Waals surface area contributed by atoms with Crippen molar-refractivity contribution in [2.24, 2.45) is 0 Å². The van der Waals surface area contributed by atoms with Gasteiger partial charge in [-0.25, -0.2) is 0 Å². The van der Waals surface area contributed by atoms with E-state index >= 15 is 0 Å². The summed E-state index contributed by atoms with van der Waals surface area (Å²) in [6, 6.07) is 20.6. The van der Waals surface area contributed by atoms with Gasteiger partial charge in [0.2, 0.25) is 5.91 Å². The Kier molecular flexibility index (Phi) is 7.86. The van der Waals surface area contributed by atoms with Crippen molar-refractivity contribution < 1.29 is 14.3 Å². The molecule has 2 amide bonds. The number of anilines is 2. The molecule has 0 aromatic heterocycles. The summed E-state index contributed by atoms with van der Waals surface area (Å²) in [5.74, 6) is 0.513. The first-order valence-electron chi connectivity index (χ1n) is 10.6. The van der Waals surface area contributed by atoms with Crippen LogP contribution in [0.25, 0.3) is 0 Å². The summed E-state index contributed by atoms with van der Waals surface area (Å²) in [5.41, 5.74) is 5.61. The summed E-state index contributed by atoms with van der Waals surface area (Å²) in [6.07, 6.45) is 0.734. The lowest BCUT2D eigenvalue weighted by Gasteiger charge is -2.10. The van der Waals surface area contributed by atoms with Gasteiger partial charge in [0, 0.05) is 23.5 Å². The predicted octanol–water partition coefficient (Wildman–Crippen LogP) is 4.34. The Morgan fingerprint density at radius 2 is 1.53 bits per heavy atom. The first kappa shape index (κ1) is 22.9. The molecule has 0 unspecified atom stereocenters. The lowest BCUT2D eigenvalue weighted by atomic mass is 10.1. The molecule has 6 heteroatoms. The van der Waals surface area contributed by atoms with E-state index in [9.17, 15) is 9.59 Å². The van der Waals surface area contributed by atoms with Crippen molar-refractivity contribution in [3.63, 3.8) is 0 Å². The van der Waals surface area contributed by atoms with Crippen LogP contribution in [0.2, 0.25) is 0 Å². The van der Waals surface area contributed by atoms with Gasteiger partial charge < -0.3 is 20.7 Å². The molecule has 3 aromatic carbocycles. The topological polar surface area (TPSA) is 79.5 Å². The van der Waals surface area contributed by atoms with Crippen LogP contribution < -0.4 is 20.7 Å². The largest absolute Gasteiger partial charge is 0.497 e. The smallest absolute Gasteiger partial charge is 0.251 e. The summed E-state index contributed by atoms with van der Waals surface area (Å²) in [5, 5.41) is 8.87. The first-order chi connectivity index (χ1) is 15.4. The molecule has 0 aliphatic rings. The number of hydrogen-bond acceptors (Lipinski definition) is 4. The first-order valence-corrected chi connectivity index (χ1v) is 10.6. The molecule has 0 heterocycles. The molecule has 0 atom stereocenters. The summed E-state index contributed by atoms with van der Waals surface area (Å²) in [4.78, 5) is 24.6. The number of ether oxygens (including phenoxy) is 1. The van der Waals surface area contributed by atoms with Gasteiger partial charge in [0.15, 0.2) is 0 Å². The molecule has 0 spiro atoms. The van der Waals surface area contributed by atoms with Crippen LogP contribution in [-0.4, -0.2) is 32.0 Å². The second kappa shape index (κ2) is 11.0. The van der Waals surface area contributed by atoms with Crippen molar-refractivity contribution in [3.8, 4) is 5.75 Å². The van der Waals surface area contributed by atoms with Gasteiger partial charge in [-0.05, 0) is 85.5 Å². The van der Waals surface area contributed by atoms with Gasteiger partial charge in [-0.2, -0.15) is 0 Å². The summed E-state index contributed by atoms with van der Waals surface area (Å²) in [7, 11) is 1.63. The van der Waals surface area contributed by atoms with Gasteiger partial charge in [0.05, 0.1) is 13.7 Å². The highest BCUT2D eigenvalue weighted by Crippen LogP contribution is 2.15. The Balaban J connectivity index is 1.43. The van der Waals surface area contributed by atoms with E-state index in [0.717, 1.165) is 23.4 Å². The van der Waals surface area contributed by atoms with Crippen LogP contribution in [0.4, 0.5) is 11.4 Å². The summed E-state index contributed by atoms with van der Waals surface area (Å²) >= 11 is 0. The SMILES string of the molecule is COc1ccc(CCNC(=O)c2ccc(NC(=O)CNc3ccc(C)c(C)c3)cc2)cc1. The normalized spacial score (nSPS) is 10.3. The minimum absolute atomic E-state index is 0.146. The monoisotopic (exact) mass is 431 g/mol. The van der Waals surface area contributed by atoms with Crippen LogP contribution in [0.3, 0.4) is 0 Å². The summed E-state index contributed by atoms with van der Waals surface area (Å²) in [6.45, 7) is 4.79. The lowest BCUT2D eigenvalue weighted by Crippen LogP contribution is -2.25. The Labute approximate surface area is 189 Å². The molecule has 3 rings (SSSR count).